The van der Waals surface area contributed by atoms with Crippen LogP contribution in [0.3, 0.4) is 0 Å². The highest BCUT2D eigenvalue weighted by Gasteiger charge is 2.36. The van der Waals surface area contributed by atoms with Crippen LogP contribution in [-0.2, 0) is 10.3 Å². The normalized spacial score (nSPS) is 19.0. The van der Waals surface area contributed by atoms with Crippen molar-refractivity contribution < 1.29 is 9.15 Å². The average Bonchev–Trinajstić information content (AvgIpc) is 2.53. The van der Waals surface area contributed by atoms with E-state index in [-0.39, 0.29) is 0 Å². The summed E-state index contributed by atoms with van der Waals surface area (Å²) in [4.78, 5) is 13.6. The Morgan fingerprint density at radius 2 is 2.20 bits per heavy atom. The molecule has 1 fully saturated rings. The molecular weight excluding hydrogens is 196 g/mol. The van der Waals surface area contributed by atoms with Crippen LogP contribution in [-0.4, -0.2) is 18.2 Å². The number of H-pyrrole nitrogens is 1. The Hall–Kier alpha value is -1.59. The molecule has 15 heavy (non-hydrogen) atoms. The van der Waals surface area contributed by atoms with Gasteiger partial charge < -0.3 is 14.9 Å². The third-order valence-corrected chi connectivity index (χ3v) is 2.71. The summed E-state index contributed by atoms with van der Waals surface area (Å²) in [5, 5.41) is 0. The third-order valence-electron chi connectivity index (χ3n) is 2.71. The molecule has 1 aromatic carbocycles. The topological polar surface area (TPSA) is 81.2 Å². The van der Waals surface area contributed by atoms with E-state index in [2.05, 4.69) is 4.98 Å². The molecule has 0 spiro atoms. The van der Waals surface area contributed by atoms with E-state index in [1.807, 2.05) is 12.1 Å². The van der Waals surface area contributed by atoms with Crippen molar-refractivity contribution in [3.05, 3.63) is 34.3 Å². The Morgan fingerprint density at radius 3 is 2.87 bits per heavy atom. The van der Waals surface area contributed by atoms with E-state index in [4.69, 9.17) is 14.9 Å². The first-order chi connectivity index (χ1) is 7.17. The minimum atomic E-state index is -0.446. The van der Waals surface area contributed by atoms with E-state index in [1.165, 1.54) is 0 Å². The molecule has 78 valence electrons. The van der Waals surface area contributed by atoms with E-state index >= 15 is 0 Å². The molecule has 5 nitrogen and oxygen atoms in total. The summed E-state index contributed by atoms with van der Waals surface area (Å²) in [6, 6.07) is 5.44. The fourth-order valence-electron chi connectivity index (χ4n) is 1.75. The minimum absolute atomic E-state index is 0.414. The van der Waals surface area contributed by atoms with Gasteiger partial charge in [-0.3, -0.25) is 4.98 Å². The Bertz CT molecular complexity index is 565. The maximum atomic E-state index is 11.0. The molecular formula is C10H10N2O3. The molecule has 2 aromatic rings. The van der Waals surface area contributed by atoms with Gasteiger partial charge in [-0.05, 0) is 17.7 Å². The third kappa shape index (κ3) is 1.20. The number of rotatable bonds is 1. The fraction of sp³-hybridized carbons (Fsp3) is 0.300. The van der Waals surface area contributed by atoms with Crippen LogP contribution in [0.1, 0.15) is 5.56 Å². The fourth-order valence-corrected chi connectivity index (χ4v) is 1.75. The summed E-state index contributed by atoms with van der Waals surface area (Å²) < 4.78 is 9.99. The molecule has 1 aromatic heterocycles. The van der Waals surface area contributed by atoms with Crippen molar-refractivity contribution in [2.75, 3.05) is 13.2 Å². The van der Waals surface area contributed by atoms with Gasteiger partial charge in [0.05, 0.1) is 24.3 Å². The number of hydrogen-bond acceptors (Lipinski definition) is 4. The summed E-state index contributed by atoms with van der Waals surface area (Å²) in [5.41, 5.74) is 7.84. The predicted molar refractivity (Wildman–Crippen MR) is 53.5 cm³/mol. The number of nitrogens with two attached hydrogens (primary N) is 1. The van der Waals surface area contributed by atoms with Crippen LogP contribution in [0.15, 0.2) is 27.4 Å². The van der Waals surface area contributed by atoms with Gasteiger partial charge in [0.15, 0.2) is 5.58 Å². The van der Waals surface area contributed by atoms with Crippen molar-refractivity contribution in [3.8, 4) is 0 Å². The Morgan fingerprint density at radius 1 is 1.40 bits per heavy atom. The highest BCUT2D eigenvalue weighted by Crippen LogP contribution is 2.28. The summed E-state index contributed by atoms with van der Waals surface area (Å²) in [6.07, 6.45) is 0. The maximum Gasteiger partial charge on any atom is 0.417 e. The van der Waals surface area contributed by atoms with Crippen LogP contribution < -0.4 is 11.5 Å². The lowest BCUT2D eigenvalue weighted by atomic mass is 9.89. The summed E-state index contributed by atoms with van der Waals surface area (Å²) in [6.45, 7) is 1.03. The number of aromatic amines is 1. The zero-order valence-electron chi connectivity index (χ0n) is 7.95. The number of nitrogens with one attached hydrogen (secondary N) is 1. The summed E-state index contributed by atoms with van der Waals surface area (Å²) in [5.74, 6) is -0.446. The first-order valence-corrected chi connectivity index (χ1v) is 4.67. The molecule has 0 atom stereocenters. The Kier molecular flexibility index (Phi) is 1.57. The first kappa shape index (κ1) is 8.70. The van der Waals surface area contributed by atoms with Crippen molar-refractivity contribution in [2.24, 2.45) is 5.73 Å². The highest BCUT2D eigenvalue weighted by molar-refractivity contribution is 5.73. The quantitative estimate of drug-likeness (QED) is 0.703. The Labute approximate surface area is 84.8 Å². The molecule has 1 saturated heterocycles. The van der Waals surface area contributed by atoms with Crippen LogP contribution in [0.5, 0.6) is 0 Å². The second-order valence-electron chi connectivity index (χ2n) is 3.87. The molecule has 3 rings (SSSR count). The molecule has 0 bridgehead atoms. The van der Waals surface area contributed by atoms with Crippen LogP contribution in [0, 0.1) is 0 Å². The lowest BCUT2D eigenvalue weighted by molar-refractivity contribution is -0.0568. The van der Waals surface area contributed by atoms with E-state index in [0.29, 0.717) is 24.3 Å². The van der Waals surface area contributed by atoms with E-state index in [1.54, 1.807) is 6.07 Å². The number of oxazole rings is 1. The molecule has 2 heterocycles. The van der Waals surface area contributed by atoms with Crippen molar-refractivity contribution >= 4 is 11.1 Å². The van der Waals surface area contributed by atoms with Crippen LogP contribution in [0.25, 0.3) is 11.1 Å². The van der Waals surface area contributed by atoms with Gasteiger partial charge in [0.2, 0.25) is 0 Å². The van der Waals surface area contributed by atoms with Gasteiger partial charge in [-0.1, -0.05) is 6.07 Å². The highest BCUT2D eigenvalue weighted by atomic mass is 16.5. The van der Waals surface area contributed by atoms with Gasteiger partial charge in [0, 0.05) is 0 Å². The van der Waals surface area contributed by atoms with Gasteiger partial charge in [-0.25, -0.2) is 4.79 Å². The molecule has 0 unspecified atom stereocenters. The zero-order valence-corrected chi connectivity index (χ0v) is 7.95. The lowest BCUT2D eigenvalue weighted by Crippen LogP contribution is -2.54. The van der Waals surface area contributed by atoms with Crippen molar-refractivity contribution in [3.63, 3.8) is 0 Å². The van der Waals surface area contributed by atoms with Crippen LogP contribution >= 0.6 is 0 Å². The first-order valence-electron chi connectivity index (χ1n) is 4.67. The largest absolute Gasteiger partial charge is 0.417 e. The van der Waals surface area contributed by atoms with Crippen LogP contribution in [0.4, 0.5) is 0 Å². The van der Waals surface area contributed by atoms with Crippen molar-refractivity contribution in [1.29, 1.82) is 0 Å². The second kappa shape index (κ2) is 2.71. The molecule has 1 aliphatic heterocycles. The molecule has 0 radical (unpaired) electrons. The van der Waals surface area contributed by atoms with Crippen molar-refractivity contribution in [2.45, 2.75) is 5.54 Å². The molecule has 0 saturated carbocycles. The van der Waals surface area contributed by atoms with Crippen LogP contribution in [0.2, 0.25) is 0 Å². The smallest absolute Gasteiger partial charge is 0.408 e. The number of benzene rings is 1. The van der Waals surface area contributed by atoms with E-state index < -0.39 is 11.3 Å². The monoisotopic (exact) mass is 206 g/mol. The molecule has 5 heteroatoms. The standard InChI is InChI=1S/C10H10N2O3/c11-10(4-14-5-10)6-1-2-8-7(3-6)12-9(13)15-8/h1-3H,4-5,11H2,(H,12,13). The summed E-state index contributed by atoms with van der Waals surface area (Å²) >= 11 is 0. The molecule has 0 amide bonds. The van der Waals surface area contributed by atoms with Gasteiger partial charge in [-0.2, -0.15) is 0 Å². The molecule has 1 aliphatic rings. The average molecular weight is 206 g/mol. The van der Waals surface area contributed by atoms with E-state index in [0.717, 1.165) is 5.56 Å². The van der Waals surface area contributed by atoms with Crippen molar-refractivity contribution in [1.82, 2.24) is 4.98 Å². The maximum absolute atomic E-state index is 11.0. The number of fused-ring (bicyclic) bond motifs is 1. The Balaban J connectivity index is 2.17. The SMILES string of the molecule is NC1(c2ccc3oc(=O)[nH]c3c2)COC1. The molecule has 0 aliphatic carbocycles. The second-order valence-corrected chi connectivity index (χ2v) is 3.87. The molecule has 3 N–H and O–H groups in total. The summed E-state index contributed by atoms with van der Waals surface area (Å²) in [7, 11) is 0. The zero-order chi connectivity index (χ0) is 10.5. The van der Waals surface area contributed by atoms with Gasteiger partial charge in [0.25, 0.3) is 0 Å². The lowest BCUT2D eigenvalue weighted by Gasteiger charge is -2.38. The number of hydrogen-bond donors (Lipinski definition) is 2. The van der Waals surface area contributed by atoms with E-state index in [9.17, 15) is 4.79 Å². The predicted octanol–water partition coefficient (Wildman–Crippen LogP) is 0.305. The van der Waals surface area contributed by atoms with Gasteiger partial charge in [0.1, 0.15) is 0 Å². The number of aromatic nitrogens is 1. The van der Waals surface area contributed by atoms with Gasteiger partial charge >= 0.3 is 5.76 Å². The van der Waals surface area contributed by atoms with Gasteiger partial charge in [-0.15, -0.1) is 0 Å². The number of ether oxygens (including phenoxy) is 1. The minimum Gasteiger partial charge on any atom is -0.408 e.